The van der Waals surface area contributed by atoms with Gasteiger partial charge < -0.3 is 5.32 Å². The van der Waals surface area contributed by atoms with Gasteiger partial charge in [0.1, 0.15) is 6.04 Å². The van der Waals surface area contributed by atoms with Gasteiger partial charge in [-0.2, -0.15) is 0 Å². The molecule has 136 valence electrons. The molecular formula is C20H17N3O3S. The van der Waals surface area contributed by atoms with Crippen molar-refractivity contribution in [2.45, 2.75) is 6.04 Å². The second-order valence-corrected chi connectivity index (χ2v) is 6.55. The van der Waals surface area contributed by atoms with Gasteiger partial charge in [-0.05, 0) is 29.1 Å². The molecule has 0 aliphatic heterocycles. The molecule has 3 rings (SSSR count). The van der Waals surface area contributed by atoms with Crippen LogP contribution in [0.5, 0.6) is 0 Å². The molecule has 7 heteroatoms. The average Bonchev–Trinajstić information content (AvgIpc) is 3.26. The normalized spacial score (nSPS) is 11.3. The van der Waals surface area contributed by atoms with E-state index in [0.29, 0.717) is 16.0 Å². The molecule has 27 heavy (non-hydrogen) atoms. The molecule has 6 nitrogen and oxygen atoms in total. The number of hydrogen-bond acceptors (Lipinski definition) is 4. The zero-order valence-corrected chi connectivity index (χ0v) is 15.0. The molecule has 1 heterocycles. The van der Waals surface area contributed by atoms with Crippen molar-refractivity contribution in [1.82, 2.24) is 16.2 Å². The molecule has 1 aromatic heterocycles. The van der Waals surface area contributed by atoms with E-state index >= 15 is 0 Å². The van der Waals surface area contributed by atoms with Gasteiger partial charge >= 0.3 is 0 Å². The smallest absolute Gasteiger partial charge is 0.269 e. The van der Waals surface area contributed by atoms with E-state index in [-0.39, 0.29) is 5.91 Å². The first-order valence-corrected chi connectivity index (χ1v) is 9.07. The van der Waals surface area contributed by atoms with Crippen LogP contribution in [0, 0.1) is 0 Å². The van der Waals surface area contributed by atoms with Crippen LogP contribution in [-0.4, -0.2) is 17.7 Å². The van der Waals surface area contributed by atoms with Gasteiger partial charge in [0.05, 0.1) is 4.88 Å². The topological polar surface area (TPSA) is 87.3 Å². The third-order valence-electron chi connectivity index (χ3n) is 3.75. The average molecular weight is 379 g/mol. The molecule has 0 bridgehead atoms. The Labute approximate surface area is 160 Å². The second-order valence-electron chi connectivity index (χ2n) is 5.60. The van der Waals surface area contributed by atoms with Gasteiger partial charge in [0.2, 0.25) is 0 Å². The van der Waals surface area contributed by atoms with Gasteiger partial charge in [-0.25, -0.2) is 0 Å². The minimum Gasteiger partial charge on any atom is -0.336 e. The van der Waals surface area contributed by atoms with Crippen molar-refractivity contribution in [1.29, 1.82) is 0 Å². The van der Waals surface area contributed by atoms with Crippen molar-refractivity contribution < 1.29 is 14.4 Å². The Bertz CT molecular complexity index is 912. The van der Waals surface area contributed by atoms with E-state index in [0.717, 1.165) is 0 Å². The maximum atomic E-state index is 12.6. The lowest BCUT2D eigenvalue weighted by atomic mass is 10.1. The predicted molar refractivity (Wildman–Crippen MR) is 103 cm³/mol. The molecule has 0 radical (unpaired) electrons. The monoisotopic (exact) mass is 379 g/mol. The van der Waals surface area contributed by atoms with Gasteiger partial charge in [-0.15, -0.1) is 11.3 Å². The van der Waals surface area contributed by atoms with E-state index in [9.17, 15) is 14.4 Å². The predicted octanol–water partition coefficient (Wildman–Crippen LogP) is 2.68. The Hall–Kier alpha value is -3.45. The summed E-state index contributed by atoms with van der Waals surface area (Å²) in [6, 6.07) is 19.8. The number of rotatable bonds is 5. The van der Waals surface area contributed by atoms with Crippen LogP contribution in [0.1, 0.15) is 31.6 Å². The first-order valence-electron chi connectivity index (χ1n) is 8.19. The lowest BCUT2D eigenvalue weighted by molar-refractivity contribution is -0.123. The highest BCUT2D eigenvalue weighted by atomic mass is 32.1. The van der Waals surface area contributed by atoms with Crippen LogP contribution in [0.4, 0.5) is 0 Å². The highest BCUT2D eigenvalue weighted by Gasteiger charge is 2.24. The van der Waals surface area contributed by atoms with Crippen molar-refractivity contribution >= 4 is 29.1 Å². The third kappa shape index (κ3) is 4.80. The van der Waals surface area contributed by atoms with E-state index in [1.807, 2.05) is 6.07 Å². The molecule has 3 amide bonds. The van der Waals surface area contributed by atoms with Gasteiger partial charge in [0, 0.05) is 5.56 Å². The second kappa shape index (κ2) is 8.77. The summed E-state index contributed by atoms with van der Waals surface area (Å²) in [5.74, 6) is -1.35. The molecular weight excluding hydrogens is 362 g/mol. The number of thiophene rings is 1. The first kappa shape index (κ1) is 18.3. The summed E-state index contributed by atoms with van der Waals surface area (Å²) in [5, 5.41) is 4.49. The fourth-order valence-corrected chi connectivity index (χ4v) is 3.03. The van der Waals surface area contributed by atoms with Crippen molar-refractivity contribution in [3.63, 3.8) is 0 Å². The summed E-state index contributed by atoms with van der Waals surface area (Å²) in [5.41, 5.74) is 5.77. The van der Waals surface area contributed by atoms with Crippen molar-refractivity contribution in [3.05, 3.63) is 94.2 Å². The van der Waals surface area contributed by atoms with E-state index in [2.05, 4.69) is 16.2 Å². The molecule has 1 atom stereocenters. The lowest BCUT2D eigenvalue weighted by Gasteiger charge is -2.19. The summed E-state index contributed by atoms with van der Waals surface area (Å²) in [6.45, 7) is 0. The van der Waals surface area contributed by atoms with Crippen LogP contribution in [-0.2, 0) is 4.79 Å². The summed E-state index contributed by atoms with van der Waals surface area (Å²) >= 11 is 1.28. The molecule has 3 aromatic rings. The highest BCUT2D eigenvalue weighted by Crippen LogP contribution is 2.15. The molecule has 0 saturated carbocycles. The SMILES string of the molecule is O=C(NNC(=O)C(NC(=O)c1cccs1)c1ccccc1)c1ccccc1. The molecule has 2 aromatic carbocycles. The van der Waals surface area contributed by atoms with E-state index in [4.69, 9.17) is 0 Å². The number of hydrogen-bond donors (Lipinski definition) is 3. The van der Waals surface area contributed by atoms with Gasteiger partial charge in [-0.1, -0.05) is 54.6 Å². The fourth-order valence-electron chi connectivity index (χ4n) is 2.41. The molecule has 0 aliphatic rings. The van der Waals surface area contributed by atoms with Gasteiger partial charge in [-0.3, -0.25) is 25.2 Å². The Morgan fingerprint density at radius 2 is 1.41 bits per heavy atom. The number of amides is 3. The van der Waals surface area contributed by atoms with Crippen LogP contribution >= 0.6 is 11.3 Å². The Morgan fingerprint density at radius 1 is 0.741 bits per heavy atom. The van der Waals surface area contributed by atoms with Gasteiger partial charge in [0.15, 0.2) is 0 Å². The van der Waals surface area contributed by atoms with Crippen molar-refractivity contribution in [3.8, 4) is 0 Å². The van der Waals surface area contributed by atoms with Crippen molar-refractivity contribution in [2.24, 2.45) is 0 Å². The lowest BCUT2D eigenvalue weighted by Crippen LogP contribution is -2.48. The molecule has 0 aliphatic carbocycles. The van der Waals surface area contributed by atoms with E-state index in [1.54, 1.807) is 72.1 Å². The molecule has 1 unspecified atom stereocenters. The van der Waals surface area contributed by atoms with Crippen LogP contribution < -0.4 is 16.2 Å². The Kier molecular flexibility index (Phi) is 5.96. The summed E-state index contributed by atoms with van der Waals surface area (Å²) in [6.07, 6.45) is 0. The van der Waals surface area contributed by atoms with E-state index in [1.165, 1.54) is 11.3 Å². The highest BCUT2D eigenvalue weighted by molar-refractivity contribution is 7.12. The van der Waals surface area contributed by atoms with Gasteiger partial charge in [0.25, 0.3) is 17.7 Å². The number of carbonyl (C=O) groups is 3. The molecule has 0 saturated heterocycles. The summed E-state index contributed by atoms with van der Waals surface area (Å²) < 4.78 is 0. The maximum Gasteiger partial charge on any atom is 0.269 e. The minimum absolute atomic E-state index is 0.358. The zero-order valence-electron chi connectivity index (χ0n) is 14.2. The quantitative estimate of drug-likeness (QED) is 0.596. The van der Waals surface area contributed by atoms with Crippen LogP contribution in [0.15, 0.2) is 78.2 Å². The summed E-state index contributed by atoms with van der Waals surface area (Å²) in [7, 11) is 0. The zero-order chi connectivity index (χ0) is 19.1. The van der Waals surface area contributed by atoms with Crippen LogP contribution in [0.25, 0.3) is 0 Å². The largest absolute Gasteiger partial charge is 0.336 e. The Balaban J connectivity index is 1.71. The number of benzene rings is 2. The molecule has 0 spiro atoms. The molecule has 0 fully saturated rings. The number of nitrogens with one attached hydrogen (secondary N) is 3. The summed E-state index contributed by atoms with van der Waals surface area (Å²) in [4.78, 5) is 37.6. The number of hydrazine groups is 1. The standard InChI is InChI=1S/C20H17N3O3S/c24-18(15-10-5-2-6-11-15)22-23-20(26)17(14-8-3-1-4-9-14)21-19(25)16-12-7-13-27-16/h1-13,17H,(H,21,25)(H,22,24)(H,23,26). The van der Waals surface area contributed by atoms with Crippen LogP contribution in [0.3, 0.4) is 0 Å². The minimum atomic E-state index is -0.947. The van der Waals surface area contributed by atoms with Crippen LogP contribution in [0.2, 0.25) is 0 Å². The fraction of sp³-hybridized carbons (Fsp3) is 0.0500. The first-order chi connectivity index (χ1) is 13.1. The Morgan fingerprint density at radius 3 is 2.04 bits per heavy atom. The van der Waals surface area contributed by atoms with E-state index < -0.39 is 17.9 Å². The number of carbonyl (C=O) groups excluding carboxylic acids is 3. The maximum absolute atomic E-state index is 12.6. The molecule has 3 N–H and O–H groups in total. The van der Waals surface area contributed by atoms with Crippen molar-refractivity contribution in [2.75, 3.05) is 0 Å². The third-order valence-corrected chi connectivity index (χ3v) is 4.62.